The molecule has 1 saturated carbocycles. The van der Waals surface area contributed by atoms with Gasteiger partial charge in [0.1, 0.15) is 0 Å². The minimum absolute atomic E-state index is 0.390. The van der Waals surface area contributed by atoms with Crippen LogP contribution in [0.4, 0.5) is 0 Å². The molecule has 3 aliphatic rings. The van der Waals surface area contributed by atoms with E-state index < -0.39 is 5.97 Å². The lowest BCUT2D eigenvalue weighted by Gasteiger charge is -2.30. The summed E-state index contributed by atoms with van der Waals surface area (Å²) in [6, 6.07) is 15.4. The molecular formula is C30H37N3O2. The third kappa shape index (κ3) is 3.89. The summed E-state index contributed by atoms with van der Waals surface area (Å²) in [5.41, 5.74) is 7.18. The summed E-state index contributed by atoms with van der Waals surface area (Å²) in [6.45, 7) is 4.23. The van der Waals surface area contributed by atoms with Crippen LogP contribution in [0.3, 0.4) is 0 Å². The molecule has 5 nitrogen and oxygen atoms in total. The maximum absolute atomic E-state index is 11.9. The van der Waals surface area contributed by atoms with E-state index in [0.29, 0.717) is 23.4 Å². The second-order valence-electron chi connectivity index (χ2n) is 11.2. The molecular weight excluding hydrogens is 434 g/mol. The summed E-state index contributed by atoms with van der Waals surface area (Å²) >= 11 is 0. The number of carbonyl (C=O) groups is 1. The molecule has 0 spiro atoms. The van der Waals surface area contributed by atoms with Crippen LogP contribution in [0.1, 0.15) is 72.0 Å². The molecule has 0 radical (unpaired) electrons. The van der Waals surface area contributed by atoms with Crippen molar-refractivity contribution in [3.8, 4) is 11.3 Å². The molecule has 1 aromatic heterocycles. The van der Waals surface area contributed by atoms with Gasteiger partial charge in [0.2, 0.25) is 0 Å². The first-order valence-corrected chi connectivity index (χ1v) is 13.4. The lowest BCUT2D eigenvalue weighted by Crippen LogP contribution is -2.33. The zero-order valence-corrected chi connectivity index (χ0v) is 21.0. The first-order chi connectivity index (χ1) is 17.0. The van der Waals surface area contributed by atoms with Gasteiger partial charge in [-0.2, -0.15) is 0 Å². The third-order valence-electron chi connectivity index (χ3n) is 8.78. The van der Waals surface area contributed by atoms with E-state index in [0.717, 1.165) is 31.7 Å². The lowest BCUT2D eigenvalue weighted by atomic mass is 9.81. The summed E-state index contributed by atoms with van der Waals surface area (Å²) in [5.74, 6) is 0.237. The number of rotatable bonds is 5. The van der Waals surface area contributed by atoms with Gasteiger partial charge < -0.3 is 14.6 Å². The van der Waals surface area contributed by atoms with Crippen molar-refractivity contribution in [1.82, 2.24) is 14.4 Å². The van der Waals surface area contributed by atoms with Crippen molar-refractivity contribution in [2.24, 2.45) is 5.92 Å². The van der Waals surface area contributed by atoms with Gasteiger partial charge in [0, 0.05) is 42.1 Å². The van der Waals surface area contributed by atoms with Crippen molar-refractivity contribution in [3.63, 3.8) is 0 Å². The number of likely N-dealkylation sites (N-methyl/N-ethyl adjacent to an activating group) is 1. The molecule has 1 saturated heterocycles. The fourth-order valence-electron chi connectivity index (χ4n) is 7.15. The van der Waals surface area contributed by atoms with Gasteiger partial charge in [0.15, 0.2) is 0 Å². The highest BCUT2D eigenvalue weighted by atomic mass is 16.4. The number of hydrogen-bond donors (Lipinski definition) is 1. The average Bonchev–Trinajstić information content (AvgIpc) is 3.37. The highest BCUT2D eigenvalue weighted by Crippen LogP contribution is 2.51. The van der Waals surface area contributed by atoms with Crippen LogP contribution in [0.25, 0.3) is 22.2 Å². The predicted molar refractivity (Wildman–Crippen MR) is 141 cm³/mol. The maximum Gasteiger partial charge on any atom is 0.335 e. The van der Waals surface area contributed by atoms with Crippen molar-refractivity contribution >= 4 is 16.9 Å². The van der Waals surface area contributed by atoms with Crippen LogP contribution >= 0.6 is 0 Å². The number of fused-ring (bicyclic) bond motifs is 7. The van der Waals surface area contributed by atoms with Crippen LogP contribution in [0, 0.1) is 5.92 Å². The fourth-order valence-corrected chi connectivity index (χ4v) is 7.15. The van der Waals surface area contributed by atoms with Crippen molar-refractivity contribution in [3.05, 3.63) is 59.2 Å². The van der Waals surface area contributed by atoms with Crippen LogP contribution in [0.15, 0.2) is 42.5 Å². The van der Waals surface area contributed by atoms with Gasteiger partial charge >= 0.3 is 5.97 Å². The number of carboxylic acids is 1. The van der Waals surface area contributed by atoms with Gasteiger partial charge in [0.05, 0.1) is 11.3 Å². The van der Waals surface area contributed by atoms with Crippen molar-refractivity contribution < 1.29 is 9.90 Å². The summed E-state index contributed by atoms with van der Waals surface area (Å²) in [4.78, 5) is 16.9. The predicted octanol–water partition coefficient (Wildman–Crippen LogP) is 5.99. The quantitative estimate of drug-likeness (QED) is 0.496. The van der Waals surface area contributed by atoms with E-state index in [1.165, 1.54) is 66.3 Å². The average molecular weight is 472 g/mol. The van der Waals surface area contributed by atoms with Gasteiger partial charge in [-0.05, 0) is 75.0 Å². The molecule has 2 aliphatic heterocycles. The maximum atomic E-state index is 11.9. The topological polar surface area (TPSA) is 48.7 Å². The number of aromatic carboxylic acids is 1. The van der Waals surface area contributed by atoms with Gasteiger partial charge in [-0.25, -0.2) is 4.79 Å². The van der Waals surface area contributed by atoms with E-state index >= 15 is 0 Å². The summed E-state index contributed by atoms with van der Waals surface area (Å²) in [6.07, 6.45) is 7.55. The van der Waals surface area contributed by atoms with Gasteiger partial charge in [-0.15, -0.1) is 0 Å². The Hall–Kier alpha value is -2.63. The van der Waals surface area contributed by atoms with Crippen molar-refractivity contribution in [2.45, 2.75) is 57.0 Å². The molecule has 1 N–H and O–H groups in total. The highest BCUT2D eigenvalue weighted by molar-refractivity contribution is 5.98. The molecule has 0 amide bonds. The number of likely N-dealkylation sites (tertiary alicyclic amines) is 1. The molecule has 2 aromatic carbocycles. The lowest BCUT2D eigenvalue weighted by molar-refractivity contribution is 0.0697. The molecule has 2 fully saturated rings. The normalized spacial score (nSPS) is 22.7. The molecule has 2 atom stereocenters. The molecule has 5 heteroatoms. The zero-order valence-electron chi connectivity index (χ0n) is 21.0. The number of hydrogen-bond acceptors (Lipinski definition) is 3. The van der Waals surface area contributed by atoms with E-state index in [4.69, 9.17) is 0 Å². The second-order valence-corrected chi connectivity index (χ2v) is 11.2. The molecule has 1 aliphatic carbocycles. The van der Waals surface area contributed by atoms with Crippen LogP contribution in [0.2, 0.25) is 0 Å². The second kappa shape index (κ2) is 9.11. The minimum Gasteiger partial charge on any atom is -0.478 e. The largest absolute Gasteiger partial charge is 0.478 e. The van der Waals surface area contributed by atoms with E-state index in [2.05, 4.69) is 58.8 Å². The fraction of sp³-hybridized carbons (Fsp3) is 0.500. The van der Waals surface area contributed by atoms with E-state index in [-0.39, 0.29) is 0 Å². The van der Waals surface area contributed by atoms with Crippen LogP contribution < -0.4 is 0 Å². The number of carboxylic acid groups (broad SMARTS) is 1. The Kier molecular flexibility index (Phi) is 5.93. The van der Waals surface area contributed by atoms with Gasteiger partial charge in [0.25, 0.3) is 0 Å². The van der Waals surface area contributed by atoms with Gasteiger partial charge in [-0.3, -0.25) is 4.90 Å². The van der Waals surface area contributed by atoms with Crippen LogP contribution in [-0.2, 0) is 6.54 Å². The SMILES string of the molecule is CN(C)CCN1CC[C@H]2Cn3c(c(C4CCCCC4)c4ccc(C(=O)O)cc43)-c3ccccc3[C@H]21. The van der Waals surface area contributed by atoms with Gasteiger partial charge in [-0.1, -0.05) is 49.6 Å². The Morgan fingerprint density at radius 2 is 1.86 bits per heavy atom. The molecule has 6 rings (SSSR count). The van der Waals surface area contributed by atoms with E-state index in [9.17, 15) is 9.90 Å². The molecule has 3 aromatic rings. The summed E-state index contributed by atoms with van der Waals surface area (Å²) < 4.78 is 2.52. The smallest absolute Gasteiger partial charge is 0.335 e. The molecule has 184 valence electrons. The molecule has 35 heavy (non-hydrogen) atoms. The summed E-state index contributed by atoms with van der Waals surface area (Å²) in [5, 5.41) is 11.1. The first kappa shape index (κ1) is 22.8. The molecule has 0 bridgehead atoms. The van der Waals surface area contributed by atoms with Crippen LogP contribution in [-0.4, -0.2) is 59.2 Å². The van der Waals surface area contributed by atoms with Crippen molar-refractivity contribution in [1.29, 1.82) is 0 Å². The number of nitrogens with zero attached hydrogens (tertiary/aromatic N) is 3. The Labute approximate surface area is 208 Å². The monoisotopic (exact) mass is 471 g/mol. The standard InChI is InChI=1S/C30H37N3O2/c1-31(2)16-17-32-15-14-22-19-33-26-18-21(30(34)35)12-13-25(26)27(20-8-4-3-5-9-20)29(33)24-11-7-6-10-23(24)28(22)32/h6-7,10-13,18,20,22,28H,3-5,8-9,14-17,19H2,1-2H3,(H,34,35)/t22-,28-/m0/s1. The first-order valence-electron chi connectivity index (χ1n) is 13.4. The number of benzene rings is 2. The number of aromatic nitrogens is 1. The molecule has 0 unspecified atom stereocenters. The molecule has 3 heterocycles. The highest BCUT2D eigenvalue weighted by Gasteiger charge is 2.41. The zero-order chi connectivity index (χ0) is 24.1. The van der Waals surface area contributed by atoms with E-state index in [1.807, 2.05) is 12.1 Å². The third-order valence-corrected chi connectivity index (χ3v) is 8.78. The van der Waals surface area contributed by atoms with E-state index in [1.54, 1.807) is 0 Å². The van der Waals surface area contributed by atoms with Crippen LogP contribution in [0.5, 0.6) is 0 Å². The Morgan fingerprint density at radius 3 is 2.63 bits per heavy atom. The minimum atomic E-state index is -0.843. The Morgan fingerprint density at radius 1 is 1.06 bits per heavy atom. The Balaban J connectivity index is 1.57. The van der Waals surface area contributed by atoms with Crippen molar-refractivity contribution in [2.75, 3.05) is 33.7 Å². The summed E-state index contributed by atoms with van der Waals surface area (Å²) in [7, 11) is 4.31. The Bertz CT molecular complexity index is 1250.